The molecular formula is C26H26Cl2OS2. The fourth-order valence-electron chi connectivity index (χ4n) is 3.67. The number of hydrogen-bond donors (Lipinski definition) is 0. The molecule has 0 amide bonds. The molecule has 0 heterocycles. The van der Waals surface area contributed by atoms with Crippen molar-refractivity contribution in [2.75, 3.05) is 25.7 Å². The predicted octanol–water partition coefficient (Wildman–Crippen LogP) is 8.66. The molecule has 4 rings (SSSR count). The second kappa shape index (κ2) is 10.7. The molecule has 0 bridgehead atoms. The Bertz CT molecular complexity index is 992. The predicted molar refractivity (Wildman–Crippen MR) is 137 cm³/mol. The first-order chi connectivity index (χ1) is 15.1. The summed E-state index contributed by atoms with van der Waals surface area (Å²) in [7, 11) is 1.73. The van der Waals surface area contributed by atoms with Crippen molar-refractivity contribution in [2.24, 2.45) is 5.92 Å². The highest BCUT2D eigenvalue weighted by Gasteiger charge is 2.22. The van der Waals surface area contributed by atoms with Crippen LogP contribution in [0.2, 0.25) is 10.0 Å². The van der Waals surface area contributed by atoms with Crippen molar-refractivity contribution in [3.63, 3.8) is 0 Å². The number of benzene rings is 3. The summed E-state index contributed by atoms with van der Waals surface area (Å²) >= 11 is 17.2. The van der Waals surface area contributed by atoms with Gasteiger partial charge in [-0.25, -0.2) is 0 Å². The van der Waals surface area contributed by atoms with Gasteiger partial charge in [0.15, 0.2) is 0 Å². The highest BCUT2D eigenvalue weighted by Crippen LogP contribution is 2.40. The monoisotopic (exact) mass is 488 g/mol. The van der Waals surface area contributed by atoms with Crippen LogP contribution in [0.15, 0.2) is 70.5 Å². The van der Waals surface area contributed by atoms with Crippen molar-refractivity contribution in [2.45, 2.75) is 28.6 Å². The van der Waals surface area contributed by atoms with Crippen molar-refractivity contribution in [1.29, 1.82) is 0 Å². The Kier molecular flexibility index (Phi) is 7.95. The number of thioether (sulfide) groups is 2. The first-order valence-corrected chi connectivity index (χ1v) is 13.4. The van der Waals surface area contributed by atoms with Gasteiger partial charge in [0.2, 0.25) is 0 Å². The van der Waals surface area contributed by atoms with Crippen molar-refractivity contribution in [3.8, 4) is 11.1 Å². The SMILES string of the molecule is COCC(c1ccc(SCC2CC2)cc1)c1cc(Cl)c(-c2ccc(SC)cc2)c(Cl)c1. The van der Waals surface area contributed by atoms with E-state index in [0.717, 1.165) is 22.6 Å². The average molecular weight is 490 g/mol. The topological polar surface area (TPSA) is 9.23 Å². The maximum absolute atomic E-state index is 6.74. The Balaban J connectivity index is 1.60. The normalized spacial score (nSPS) is 14.6. The van der Waals surface area contributed by atoms with Gasteiger partial charge in [0, 0.05) is 34.1 Å². The molecule has 3 aromatic rings. The highest BCUT2D eigenvalue weighted by atomic mass is 35.5. The molecule has 1 aliphatic carbocycles. The molecule has 5 heteroatoms. The van der Waals surface area contributed by atoms with Gasteiger partial charge in [-0.2, -0.15) is 0 Å². The molecule has 0 aliphatic heterocycles. The third-order valence-corrected chi connectivity index (χ3v) is 8.23. The molecule has 1 fully saturated rings. The first-order valence-electron chi connectivity index (χ1n) is 10.4. The number of ether oxygens (including phenoxy) is 1. The van der Waals surface area contributed by atoms with Crippen molar-refractivity contribution in [3.05, 3.63) is 81.8 Å². The smallest absolute Gasteiger partial charge is 0.0571 e. The van der Waals surface area contributed by atoms with E-state index in [1.165, 1.54) is 33.9 Å². The summed E-state index contributed by atoms with van der Waals surface area (Å²) in [6, 6.07) is 21.2. The molecule has 1 nitrogen and oxygen atoms in total. The largest absolute Gasteiger partial charge is 0.384 e. The third kappa shape index (κ3) is 5.83. The summed E-state index contributed by atoms with van der Waals surface area (Å²) in [5, 5.41) is 1.33. The first kappa shape index (κ1) is 23.1. The van der Waals surface area contributed by atoms with Crippen LogP contribution in [0.5, 0.6) is 0 Å². The van der Waals surface area contributed by atoms with E-state index in [-0.39, 0.29) is 5.92 Å². The minimum atomic E-state index is 0.0791. The van der Waals surface area contributed by atoms with Crippen molar-refractivity contribution in [1.82, 2.24) is 0 Å². The Morgan fingerprint density at radius 3 is 2.06 bits per heavy atom. The summed E-state index contributed by atoms with van der Waals surface area (Å²) < 4.78 is 5.56. The molecule has 162 valence electrons. The summed E-state index contributed by atoms with van der Waals surface area (Å²) in [5.74, 6) is 2.23. The van der Waals surface area contributed by atoms with Gasteiger partial charge in [0.25, 0.3) is 0 Å². The molecule has 0 spiro atoms. The molecule has 0 N–H and O–H groups in total. The molecule has 1 saturated carbocycles. The quantitative estimate of drug-likeness (QED) is 0.278. The van der Waals surface area contributed by atoms with Crippen LogP contribution >= 0.6 is 46.7 Å². The standard InChI is InChI=1S/C26H26Cl2OS2/c1-29-15-23(18-5-11-22(12-6-18)31-16-17-3-4-17)20-13-24(27)26(25(28)14-20)19-7-9-21(30-2)10-8-19/h5-14,17,23H,3-4,15-16H2,1-2H3. The lowest BCUT2D eigenvalue weighted by Gasteiger charge is -2.20. The van der Waals surface area contributed by atoms with Gasteiger partial charge >= 0.3 is 0 Å². The maximum atomic E-state index is 6.74. The molecule has 0 radical (unpaired) electrons. The summed E-state index contributed by atoms with van der Waals surface area (Å²) in [6.45, 7) is 0.572. The minimum absolute atomic E-state index is 0.0791. The van der Waals surface area contributed by atoms with Gasteiger partial charge in [-0.1, -0.05) is 47.5 Å². The van der Waals surface area contributed by atoms with Crippen LogP contribution in [-0.4, -0.2) is 25.7 Å². The van der Waals surface area contributed by atoms with E-state index >= 15 is 0 Å². The van der Waals surface area contributed by atoms with Gasteiger partial charge in [-0.05, 0) is 78.1 Å². The van der Waals surface area contributed by atoms with Gasteiger partial charge in [0.05, 0.1) is 16.7 Å². The maximum Gasteiger partial charge on any atom is 0.0571 e. The molecule has 3 aromatic carbocycles. The van der Waals surface area contributed by atoms with Crippen LogP contribution < -0.4 is 0 Å². The number of halogens is 2. The zero-order chi connectivity index (χ0) is 21.8. The Morgan fingerprint density at radius 2 is 1.52 bits per heavy atom. The van der Waals surface area contributed by atoms with E-state index in [1.807, 2.05) is 23.9 Å². The second-order valence-corrected chi connectivity index (χ2v) is 10.7. The zero-order valence-electron chi connectivity index (χ0n) is 17.7. The average Bonchev–Trinajstić information content (AvgIpc) is 3.61. The molecule has 1 unspecified atom stereocenters. The van der Waals surface area contributed by atoms with E-state index in [2.05, 4.69) is 54.8 Å². The van der Waals surface area contributed by atoms with E-state index in [1.54, 1.807) is 18.9 Å². The fourth-order valence-corrected chi connectivity index (χ4v) is 5.89. The van der Waals surface area contributed by atoms with Crippen LogP contribution in [0.25, 0.3) is 11.1 Å². The van der Waals surface area contributed by atoms with Gasteiger partial charge in [0.1, 0.15) is 0 Å². The minimum Gasteiger partial charge on any atom is -0.384 e. The third-order valence-electron chi connectivity index (χ3n) is 5.64. The van der Waals surface area contributed by atoms with Crippen LogP contribution in [0.1, 0.15) is 29.9 Å². The van der Waals surface area contributed by atoms with E-state index in [9.17, 15) is 0 Å². The summed E-state index contributed by atoms with van der Waals surface area (Å²) in [4.78, 5) is 2.54. The van der Waals surface area contributed by atoms with E-state index in [4.69, 9.17) is 27.9 Å². The number of hydrogen-bond acceptors (Lipinski definition) is 3. The molecule has 1 aliphatic rings. The van der Waals surface area contributed by atoms with Crippen LogP contribution in [0, 0.1) is 5.92 Å². The highest BCUT2D eigenvalue weighted by molar-refractivity contribution is 7.99. The number of rotatable bonds is 9. The summed E-state index contributed by atoms with van der Waals surface area (Å²) in [5.41, 5.74) is 4.18. The van der Waals surface area contributed by atoms with Crippen LogP contribution in [-0.2, 0) is 4.74 Å². The van der Waals surface area contributed by atoms with Gasteiger partial charge in [-0.15, -0.1) is 23.5 Å². The second-order valence-electron chi connectivity index (χ2n) is 7.92. The fraction of sp³-hybridized carbons (Fsp3) is 0.308. The lowest BCUT2D eigenvalue weighted by Crippen LogP contribution is -2.08. The molecule has 1 atom stereocenters. The van der Waals surface area contributed by atoms with Gasteiger partial charge < -0.3 is 4.74 Å². The van der Waals surface area contributed by atoms with Gasteiger partial charge in [-0.3, -0.25) is 0 Å². The van der Waals surface area contributed by atoms with Crippen LogP contribution in [0.3, 0.4) is 0 Å². The van der Waals surface area contributed by atoms with E-state index in [0.29, 0.717) is 16.7 Å². The Morgan fingerprint density at radius 1 is 0.903 bits per heavy atom. The molecule has 0 aromatic heterocycles. The molecular weight excluding hydrogens is 463 g/mol. The zero-order valence-corrected chi connectivity index (χ0v) is 20.9. The molecule has 0 saturated heterocycles. The van der Waals surface area contributed by atoms with Crippen molar-refractivity contribution >= 4 is 46.7 Å². The van der Waals surface area contributed by atoms with Crippen LogP contribution in [0.4, 0.5) is 0 Å². The molecule has 31 heavy (non-hydrogen) atoms. The lowest BCUT2D eigenvalue weighted by molar-refractivity contribution is 0.189. The Hall–Kier alpha value is -1.10. The summed E-state index contributed by atoms with van der Waals surface area (Å²) in [6.07, 6.45) is 4.85. The van der Waals surface area contributed by atoms with Crippen molar-refractivity contribution < 1.29 is 4.74 Å². The number of methoxy groups -OCH3 is 1. The van der Waals surface area contributed by atoms with E-state index < -0.39 is 0 Å². The Labute approximate surface area is 203 Å². The lowest BCUT2D eigenvalue weighted by atomic mass is 9.90.